The lowest BCUT2D eigenvalue weighted by atomic mass is 9.72. The van der Waals surface area contributed by atoms with Crippen molar-refractivity contribution in [2.45, 2.75) is 124 Å². The Hall–Kier alpha value is -1.41. The molecule has 35 heavy (non-hydrogen) atoms. The van der Waals surface area contributed by atoms with Gasteiger partial charge in [0.1, 0.15) is 11.0 Å². The molecule has 0 amide bonds. The summed E-state index contributed by atoms with van der Waals surface area (Å²) in [6.07, 6.45) is 4.70. The lowest BCUT2D eigenvalue weighted by molar-refractivity contribution is 0.00578. The van der Waals surface area contributed by atoms with Crippen LogP contribution < -0.4 is 10.9 Å². The van der Waals surface area contributed by atoms with Gasteiger partial charge < -0.3 is 18.6 Å². The fourth-order valence-corrected chi connectivity index (χ4v) is 4.62. The molecule has 192 valence electrons. The van der Waals surface area contributed by atoms with Crippen LogP contribution >= 0.6 is 0 Å². The zero-order chi connectivity index (χ0) is 25.8. The van der Waals surface area contributed by atoms with Crippen molar-refractivity contribution >= 4 is 36.2 Å². The molecule has 2 saturated heterocycles. The second-order valence-electron chi connectivity index (χ2n) is 12.3. The van der Waals surface area contributed by atoms with Crippen molar-refractivity contribution in [1.82, 2.24) is 15.0 Å². The molecule has 0 N–H and O–H groups in total. The normalized spacial score (nSPS) is 23.4. The summed E-state index contributed by atoms with van der Waals surface area (Å²) in [5.74, 6) is 0.539. The van der Waals surface area contributed by atoms with E-state index in [0.717, 1.165) is 34.9 Å². The first kappa shape index (κ1) is 26.6. The first-order chi connectivity index (χ1) is 16.2. The van der Waals surface area contributed by atoms with Crippen LogP contribution in [0.5, 0.6) is 0 Å². The molecule has 0 aliphatic carbocycles. The van der Waals surface area contributed by atoms with E-state index in [1.54, 1.807) is 0 Å². The summed E-state index contributed by atoms with van der Waals surface area (Å²) in [6, 6.07) is 4.08. The Balaban J connectivity index is 1.76. The highest BCUT2D eigenvalue weighted by atomic mass is 16.7. The van der Waals surface area contributed by atoms with Gasteiger partial charge in [-0.2, -0.15) is 15.0 Å². The number of hydrogen-bond acceptors (Lipinski definition) is 6. The molecule has 1 unspecified atom stereocenters. The topological polar surface area (TPSA) is 67.6 Å². The molecule has 9 heteroatoms. The predicted molar refractivity (Wildman–Crippen MR) is 142 cm³/mol. The van der Waals surface area contributed by atoms with E-state index in [2.05, 4.69) is 69.2 Å². The molecule has 4 rings (SSSR count). The summed E-state index contributed by atoms with van der Waals surface area (Å²) >= 11 is 0. The molecule has 1 aromatic heterocycles. The van der Waals surface area contributed by atoms with Gasteiger partial charge in [-0.05, 0) is 67.7 Å². The number of nitrogens with zero attached hydrogens (tertiary/aromatic N) is 3. The molecule has 2 aliphatic rings. The highest BCUT2D eigenvalue weighted by Crippen LogP contribution is 2.38. The molecule has 3 heterocycles. The monoisotopic (exact) mass is 483 g/mol. The predicted octanol–water partition coefficient (Wildman–Crippen LogP) is 4.25. The Labute approximate surface area is 211 Å². The maximum absolute atomic E-state index is 6.39. The molecular weight excluding hydrogens is 440 g/mol. The van der Waals surface area contributed by atoms with Gasteiger partial charge in [0.15, 0.2) is 0 Å². The van der Waals surface area contributed by atoms with Crippen LogP contribution in [0.4, 0.5) is 0 Å². The third kappa shape index (κ3) is 4.81. The maximum Gasteiger partial charge on any atom is 0.497 e. The average Bonchev–Trinajstić information content (AvgIpc) is 3.33. The highest BCUT2D eigenvalue weighted by molar-refractivity contribution is 6.68. The first-order valence-corrected chi connectivity index (χ1v) is 13.3. The van der Waals surface area contributed by atoms with E-state index in [1.807, 2.05) is 16.9 Å². The minimum Gasteiger partial charge on any atom is -0.399 e. The summed E-state index contributed by atoms with van der Waals surface area (Å²) in [7, 11) is -1.02. The maximum atomic E-state index is 6.39. The fourth-order valence-electron chi connectivity index (χ4n) is 4.62. The zero-order valence-corrected chi connectivity index (χ0v) is 23.4. The van der Waals surface area contributed by atoms with Crippen LogP contribution in [0.15, 0.2) is 12.1 Å². The van der Waals surface area contributed by atoms with Gasteiger partial charge in [-0.15, -0.1) is 0 Å². The van der Waals surface area contributed by atoms with Crippen LogP contribution in [0.3, 0.4) is 0 Å². The quantitative estimate of drug-likeness (QED) is 0.524. The van der Waals surface area contributed by atoms with E-state index in [1.165, 1.54) is 19.3 Å². The summed E-state index contributed by atoms with van der Waals surface area (Å²) < 4.78 is 25.6. The molecule has 0 radical (unpaired) electrons. The van der Waals surface area contributed by atoms with Gasteiger partial charge in [0.05, 0.1) is 28.9 Å². The largest absolute Gasteiger partial charge is 0.497 e. The second kappa shape index (κ2) is 9.16. The first-order valence-electron chi connectivity index (χ1n) is 13.3. The molecular formula is C26H43B2N3O4. The zero-order valence-electron chi connectivity index (χ0n) is 23.4. The van der Waals surface area contributed by atoms with E-state index in [-0.39, 0.29) is 0 Å². The Morgan fingerprint density at radius 2 is 1.14 bits per heavy atom. The average molecular weight is 483 g/mol. The Morgan fingerprint density at radius 3 is 1.49 bits per heavy atom. The number of unbranched alkanes of at least 4 members (excludes halogenated alkanes) is 1. The molecule has 2 aliphatic heterocycles. The Morgan fingerprint density at radius 1 is 0.743 bits per heavy atom. The summed E-state index contributed by atoms with van der Waals surface area (Å²) in [6.45, 7) is 21.8. The Kier molecular flexibility index (Phi) is 6.97. The lowest BCUT2D eigenvalue weighted by Crippen LogP contribution is -2.41. The highest BCUT2D eigenvalue weighted by Gasteiger charge is 2.54. The third-order valence-electron chi connectivity index (χ3n) is 8.62. The number of fused-ring (bicyclic) bond motifs is 1. The Bertz CT molecular complexity index is 961. The summed E-state index contributed by atoms with van der Waals surface area (Å²) in [5, 5.41) is 9.98. The van der Waals surface area contributed by atoms with Gasteiger partial charge in [-0.1, -0.05) is 45.2 Å². The van der Waals surface area contributed by atoms with Crippen LogP contribution in [-0.2, 0) is 25.2 Å². The van der Waals surface area contributed by atoms with Gasteiger partial charge in [0.25, 0.3) is 0 Å². The van der Waals surface area contributed by atoms with Gasteiger partial charge in [-0.3, -0.25) is 0 Å². The molecule has 0 spiro atoms. The van der Waals surface area contributed by atoms with E-state index in [0.29, 0.717) is 5.92 Å². The van der Waals surface area contributed by atoms with Crippen LogP contribution in [0.2, 0.25) is 0 Å². The molecule has 0 bridgehead atoms. The van der Waals surface area contributed by atoms with Crippen molar-refractivity contribution in [1.29, 1.82) is 0 Å². The smallest absolute Gasteiger partial charge is 0.399 e. The third-order valence-corrected chi connectivity index (χ3v) is 8.62. The summed E-state index contributed by atoms with van der Waals surface area (Å²) in [5.41, 5.74) is 1.64. The van der Waals surface area contributed by atoms with Crippen LogP contribution in [-0.4, -0.2) is 51.6 Å². The van der Waals surface area contributed by atoms with Crippen molar-refractivity contribution in [3.05, 3.63) is 12.1 Å². The molecule has 1 atom stereocenters. The van der Waals surface area contributed by atoms with Crippen molar-refractivity contribution in [2.75, 3.05) is 0 Å². The number of benzene rings is 1. The van der Waals surface area contributed by atoms with E-state index in [9.17, 15) is 0 Å². The summed E-state index contributed by atoms with van der Waals surface area (Å²) in [4.78, 5) is 1.86. The van der Waals surface area contributed by atoms with Crippen LogP contribution in [0, 0.1) is 5.92 Å². The standard InChI is InChI=1S/C26H43B2N3O4/c1-11-13-14-18(12-2)17-31-29-21-19(27-32-23(3,4)24(5,6)33-27)15-16-20(22(21)30-31)28-34-25(7,8)26(9,10)35-28/h15-16,18H,11-14,17H2,1-10H3. The molecule has 2 fully saturated rings. The van der Waals surface area contributed by atoms with Crippen LogP contribution in [0.25, 0.3) is 11.0 Å². The van der Waals surface area contributed by atoms with Crippen LogP contribution in [0.1, 0.15) is 94.9 Å². The minimum atomic E-state index is -0.512. The van der Waals surface area contributed by atoms with Gasteiger partial charge in [0, 0.05) is 10.9 Å². The van der Waals surface area contributed by atoms with E-state index in [4.69, 9.17) is 28.8 Å². The lowest BCUT2D eigenvalue weighted by Gasteiger charge is -2.32. The van der Waals surface area contributed by atoms with E-state index < -0.39 is 36.6 Å². The number of aromatic nitrogens is 3. The van der Waals surface area contributed by atoms with Crippen molar-refractivity contribution < 1.29 is 18.6 Å². The van der Waals surface area contributed by atoms with Crippen molar-refractivity contribution in [3.8, 4) is 0 Å². The molecule has 1 aromatic carbocycles. The molecule has 2 aromatic rings. The molecule has 7 nitrogen and oxygen atoms in total. The fraction of sp³-hybridized carbons (Fsp3) is 0.769. The second-order valence-corrected chi connectivity index (χ2v) is 12.3. The SMILES string of the molecule is CCCCC(CC)Cn1nc2c(B3OC(C)(C)C(C)(C)O3)ccc(B3OC(C)(C)C(C)(C)O3)c2n1. The number of hydrogen-bond donors (Lipinski definition) is 0. The van der Waals surface area contributed by atoms with Crippen molar-refractivity contribution in [3.63, 3.8) is 0 Å². The number of rotatable bonds is 8. The van der Waals surface area contributed by atoms with Gasteiger partial charge >= 0.3 is 14.2 Å². The minimum absolute atomic E-state index is 0.433. The van der Waals surface area contributed by atoms with Gasteiger partial charge in [0.2, 0.25) is 0 Å². The van der Waals surface area contributed by atoms with Crippen molar-refractivity contribution in [2.24, 2.45) is 5.92 Å². The van der Waals surface area contributed by atoms with E-state index >= 15 is 0 Å². The van der Waals surface area contributed by atoms with Gasteiger partial charge in [-0.25, -0.2) is 0 Å². The molecule has 0 saturated carbocycles.